The highest BCUT2D eigenvalue weighted by Gasteiger charge is 2.11. The normalized spacial score (nSPS) is 10.7. The number of hydrogen-bond acceptors (Lipinski definition) is 3. The van der Waals surface area contributed by atoms with Gasteiger partial charge in [-0.05, 0) is 23.8 Å². The largest absolute Gasteiger partial charge is 0.506 e. The fourth-order valence-electron chi connectivity index (χ4n) is 1.63. The van der Waals surface area contributed by atoms with Crippen molar-refractivity contribution in [1.29, 1.82) is 5.26 Å². The van der Waals surface area contributed by atoms with Gasteiger partial charge in [-0.15, -0.1) is 0 Å². The summed E-state index contributed by atoms with van der Waals surface area (Å²) in [6.07, 6.45) is 1.50. The van der Waals surface area contributed by atoms with Crippen LogP contribution in [0.2, 0.25) is 0 Å². The maximum Gasteiger partial charge on any atom is 0.266 e. The molecule has 0 spiro atoms. The predicted octanol–water partition coefficient (Wildman–Crippen LogP) is 2.94. The minimum atomic E-state index is -0.558. The van der Waals surface area contributed by atoms with Crippen molar-refractivity contribution in [3.63, 3.8) is 0 Å². The lowest BCUT2D eigenvalue weighted by Crippen LogP contribution is -2.13. The SMILES string of the molecule is N#C/C(=C/c1ccccc1)C(=O)Nc1ccccc1O. The third-order valence-electron chi connectivity index (χ3n) is 2.63. The van der Waals surface area contributed by atoms with Gasteiger partial charge in [0.2, 0.25) is 0 Å². The van der Waals surface area contributed by atoms with E-state index in [1.165, 1.54) is 12.1 Å². The number of nitrogens with one attached hydrogen (secondary N) is 1. The Balaban J connectivity index is 2.21. The topological polar surface area (TPSA) is 73.1 Å². The van der Waals surface area contributed by atoms with Crippen LogP contribution in [0.5, 0.6) is 5.75 Å². The van der Waals surface area contributed by atoms with Crippen LogP contribution in [0.15, 0.2) is 60.2 Å². The maximum atomic E-state index is 12.0. The van der Waals surface area contributed by atoms with Gasteiger partial charge in [-0.1, -0.05) is 42.5 Å². The summed E-state index contributed by atoms with van der Waals surface area (Å²) in [7, 11) is 0. The number of para-hydroxylation sites is 2. The van der Waals surface area contributed by atoms with E-state index in [9.17, 15) is 9.90 Å². The predicted molar refractivity (Wildman–Crippen MR) is 76.8 cm³/mol. The van der Waals surface area contributed by atoms with Crippen molar-refractivity contribution < 1.29 is 9.90 Å². The first-order chi connectivity index (χ1) is 9.70. The van der Waals surface area contributed by atoms with Gasteiger partial charge in [0.25, 0.3) is 5.91 Å². The van der Waals surface area contributed by atoms with Crippen LogP contribution in [0.1, 0.15) is 5.56 Å². The smallest absolute Gasteiger partial charge is 0.266 e. The number of hydrogen-bond donors (Lipinski definition) is 2. The fraction of sp³-hybridized carbons (Fsp3) is 0. The molecule has 1 amide bonds. The summed E-state index contributed by atoms with van der Waals surface area (Å²) < 4.78 is 0. The van der Waals surface area contributed by atoms with E-state index in [4.69, 9.17) is 5.26 Å². The Morgan fingerprint density at radius 3 is 2.40 bits per heavy atom. The molecular weight excluding hydrogens is 252 g/mol. The van der Waals surface area contributed by atoms with Gasteiger partial charge in [-0.2, -0.15) is 5.26 Å². The molecular formula is C16H12N2O2. The number of phenols is 1. The van der Waals surface area contributed by atoms with Gasteiger partial charge >= 0.3 is 0 Å². The van der Waals surface area contributed by atoms with Crippen molar-refractivity contribution in [2.75, 3.05) is 5.32 Å². The summed E-state index contributed by atoms with van der Waals surface area (Å²) in [5, 5.41) is 21.2. The molecule has 2 aromatic rings. The number of nitrogens with zero attached hydrogens (tertiary/aromatic N) is 1. The molecule has 0 aliphatic carbocycles. The molecule has 0 bridgehead atoms. The third-order valence-corrected chi connectivity index (χ3v) is 2.63. The monoisotopic (exact) mass is 264 g/mol. The number of anilines is 1. The minimum Gasteiger partial charge on any atom is -0.506 e. The van der Waals surface area contributed by atoms with E-state index in [1.54, 1.807) is 30.3 Å². The Labute approximate surface area is 116 Å². The molecule has 2 N–H and O–H groups in total. The molecule has 0 aromatic heterocycles. The van der Waals surface area contributed by atoms with Crippen LogP contribution >= 0.6 is 0 Å². The Bertz CT molecular complexity index is 685. The van der Waals surface area contributed by atoms with Crippen LogP contribution < -0.4 is 5.32 Å². The Kier molecular flexibility index (Phi) is 4.15. The number of aromatic hydroxyl groups is 1. The van der Waals surface area contributed by atoms with Gasteiger partial charge in [0.05, 0.1) is 5.69 Å². The van der Waals surface area contributed by atoms with Gasteiger partial charge in [-0.25, -0.2) is 0 Å². The molecule has 0 fully saturated rings. The van der Waals surface area contributed by atoms with E-state index in [-0.39, 0.29) is 17.0 Å². The maximum absolute atomic E-state index is 12.0. The number of phenolic OH excluding ortho intramolecular Hbond substituents is 1. The molecule has 20 heavy (non-hydrogen) atoms. The molecule has 2 rings (SSSR count). The van der Waals surface area contributed by atoms with Crippen molar-refractivity contribution >= 4 is 17.7 Å². The van der Waals surface area contributed by atoms with Crippen LogP contribution in [0.3, 0.4) is 0 Å². The van der Waals surface area contributed by atoms with Crippen molar-refractivity contribution in [1.82, 2.24) is 0 Å². The number of benzene rings is 2. The zero-order valence-electron chi connectivity index (χ0n) is 10.6. The lowest BCUT2D eigenvalue weighted by molar-refractivity contribution is -0.112. The highest BCUT2D eigenvalue weighted by molar-refractivity contribution is 6.10. The molecule has 98 valence electrons. The Morgan fingerprint density at radius 1 is 1.10 bits per heavy atom. The van der Waals surface area contributed by atoms with Crippen molar-refractivity contribution in [3.05, 3.63) is 65.7 Å². The van der Waals surface area contributed by atoms with Crippen LogP contribution in [-0.2, 0) is 4.79 Å². The number of rotatable bonds is 3. The van der Waals surface area contributed by atoms with Gasteiger partial charge < -0.3 is 10.4 Å². The van der Waals surface area contributed by atoms with E-state index in [0.29, 0.717) is 0 Å². The van der Waals surface area contributed by atoms with E-state index < -0.39 is 5.91 Å². The summed E-state index contributed by atoms with van der Waals surface area (Å²) in [6, 6.07) is 17.3. The number of amides is 1. The molecule has 0 unspecified atom stereocenters. The summed E-state index contributed by atoms with van der Waals surface area (Å²) in [4.78, 5) is 12.0. The Morgan fingerprint density at radius 2 is 1.75 bits per heavy atom. The van der Waals surface area contributed by atoms with Crippen LogP contribution in [0.4, 0.5) is 5.69 Å². The number of nitriles is 1. The van der Waals surface area contributed by atoms with E-state index in [2.05, 4.69) is 5.32 Å². The van der Waals surface area contributed by atoms with E-state index in [1.807, 2.05) is 24.3 Å². The molecule has 0 radical (unpaired) electrons. The first kappa shape index (κ1) is 13.4. The number of carbonyl (C=O) groups is 1. The lowest BCUT2D eigenvalue weighted by atomic mass is 10.1. The molecule has 0 heterocycles. The lowest BCUT2D eigenvalue weighted by Gasteiger charge is -2.06. The van der Waals surface area contributed by atoms with E-state index >= 15 is 0 Å². The van der Waals surface area contributed by atoms with Crippen LogP contribution in [-0.4, -0.2) is 11.0 Å². The quantitative estimate of drug-likeness (QED) is 0.508. The highest BCUT2D eigenvalue weighted by Crippen LogP contribution is 2.22. The van der Waals surface area contributed by atoms with Gasteiger partial charge in [0.1, 0.15) is 17.4 Å². The third kappa shape index (κ3) is 3.24. The van der Waals surface area contributed by atoms with Gasteiger partial charge in [-0.3, -0.25) is 4.79 Å². The summed E-state index contributed by atoms with van der Waals surface area (Å²) in [5.41, 5.74) is 1.00. The minimum absolute atomic E-state index is 0.0283. The molecule has 4 heteroatoms. The average Bonchev–Trinajstić information content (AvgIpc) is 2.48. The van der Waals surface area contributed by atoms with Crippen molar-refractivity contribution in [2.45, 2.75) is 0 Å². The van der Waals surface area contributed by atoms with Crippen LogP contribution in [0.25, 0.3) is 6.08 Å². The molecule has 0 atom stereocenters. The molecule has 0 aliphatic heterocycles. The first-order valence-corrected chi connectivity index (χ1v) is 5.97. The summed E-state index contributed by atoms with van der Waals surface area (Å²) in [5.74, 6) is -0.601. The number of carbonyl (C=O) groups excluding carboxylic acids is 1. The average molecular weight is 264 g/mol. The van der Waals surface area contributed by atoms with E-state index in [0.717, 1.165) is 5.56 Å². The second-order valence-electron chi connectivity index (χ2n) is 4.05. The fourth-order valence-corrected chi connectivity index (χ4v) is 1.63. The molecule has 0 saturated heterocycles. The zero-order valence-corrected chi connectivity index (χ0v) is 10.6. The standard InChI is InChI=1S/C16H12N2O2/c17-11-13(10-12-6-2-1-3-7-12)16(20)18-14-8-4-5-9-15(14)19/h1-10,19H,(H,18,20)/b13-10-. The van der Waals surface area contributed by atoms with Crippen LogP contribution in [0, 0.1) is 11.3 Å². The van der Waals surface area contributed by atoms with Crippen molar-refractivity contribution in [2.24, 2.45) is 0 Å². The molecule has 0 saturated carbocycles. The molecule has 4 nitrogen and oxygen atoms in total. The second-order valence-corrected chi connectivity index (χ2v) is 4.05. The molecule has 0 aliphatic rings. The van der Waals surface area contributed by atoms with Crippen molar-refractivity contribution in [3.8, 4) is 11.8 Å². The second kappa shape index (κ2) is 6.21. The summed E-state index contributed by atoms with van der Waals surface area (Å²) >= 11 is 0. The summed E-state index contributed by atoms with van der Waals surface area (Å²) in [6.45, 7) is 0. The highest BCUT2D eigenvalue weighted by atomic mass is 16.3. The zero-order chi connectivity index (χ0) is 14.4. The first-order valence-electron chi connectivity index (χ1n) is 5.97. The molecule has 2 aromatic carbocycles. The Hall–Kier alpha value is -3.06. The van der Waals surface area contributed by atoms with Gasteiger partial charge in [0, 0.05) is 0 Å². The van der Waals surface area contributed by atoms with Gasteiger partial charge in [0.15, 0.2) is 0 Å².